The van der Waals surface area contributed by atoms with E-state index in [9.17, 15) is 19.5 Å². The highest BCUT2D eigenvalue weighted by Gasteiger charge is 2.71. The van der Waals surface area contributed by atoms with Gasteiger partial charge in [-0.2, -0.15) is 0 Å². The van der Waals surface area contributed by atoms with E-state index >= 15 is 0 Å². The van der Waals surface area contributed by atoms with E-state index in [0.29, 0.717) is 17.0 Å². The molecule has 0 aromatic heterocycles. The first-order valence-electron chi connectivity index (χ1n) is 11.1. The highest BCUT2D eigenvalue weighted by molar-refractivity contribution is 6.15. The number of aliphatic hydroxyl groups is 1. The Bertz CT molecular complexity index is 1180. The Morgan fingerprint density at radius 2 is 1.79 bits per heavy atom. The summed E-state index contributed by atoms with van der Waals surface area (Å²) in [6.45, 7) is 5.55. The second-order valence-electron chi connectivity index (χ2n) is 9.22. The van der Waals surface area contributed by atoms with Crippen molar-refractivity contribution in [3.8, 4) is 5.75 Å². The Morgan fingerprint density at radius 3 is 2.42 bits per heavy atom. The SMILES string of the molecule is COc1ccc(CN2C(=O)C3C(C(C)O)NC4(C(=O)Nc5c4ccc(C)c5C)C3C2=O)cc1. The minimum absolute atomic E-state index is 0.0959. The van der Waals surface area contributed by atoms with Crippen molar-refractivity contribution in [2.24, 2.45) is 11.8 Å². The number of nitrogens with zero attached hydrogens (tertiary/aromatic N) is 1. The zero-order chi connectivity index (χ0) is 23.7. The lowest BCUT2D eigenvalue weighted by Crippen LogP contribution is -2.54. The number of methoxy groups -OCH3 is 1. The van der Waals surface area contributed by atoms with Crippen LogP contribution >= 0.6 is 0 Å². The van der Waals surface area contributed by atoms with E-state index in [0.717, 1.165) is 16.7 Å². The molecule has 172 valence electrons. The number of fused-ring (bicyclic) bond motifs is 4. The maximum Gasteiger partial charge on any atom is 0.250 e. The van der Waals surface area contributed by atoms with Crippen LogP contribution in [0.1, 0.15) is 29.2 Å². The third kappa shape index (κ3) is 2.87. The number of hydrogen-bond acceptors (Lipinski definition) is 6. The van der Waals surface area contributed by atoms with Gasteiger partial charge in [-0.15, -0.1) is 0 Å². The molecule has 5 unspecified atom stereocenters. The van der Waals surface area contributed by atoms with Gasteiger partial charge < -0.3 is 15.2 Å². The molecule has 0 bridgehead atoms. The maximum atomic E-state index is 13.7. The molecule has 2 saturated heterocycles. The van der Waals surface area contributed by atoms with Gasteiger partial charge in [0.05, 0.1) is 31.6 Å². The van der Waals surface area contributed by atoms with Crippen LogP contribution in [0.2, 0.25) is 0 Å². The molecule has 33 heavy (non-hydrogen) atoms. The molecule has 2 fully saturated rings. The highest BCUT2D eigenvalue weighted by atomic mass is 16.5. The van der Waals surface area contributed by atoms with Crippen LogP contribution in [-0.4, -0.2) is 47.0 Å². The zero-order valence-corrected chi connectivity index (χ0v) is 19.0. The third-order valence-corrected chi connectivity index (χ3v) is 7.47. The lowest BCUT2D eigenvalue weighted by Gasteiger charge is -2.30. The van der Waals surface area contributed by atoms with Gasteiger partial charge in [-0.25, -0.2) is 0 Å². The van der Waals surface area contributed by atoms with Crippen molar-refractivity contribution in [3.05, 3.63) is 58.7 Å². The number of carbonyl (C=O) groups is 3. The molecule has 5 atom stereocenters. The molecule has 5 rings (SSSR count). The molecule has 3 amide bonds. The van der Waals surface area contributed by atoms with Crippen molar-refractivity contribution in [3.63, 3.8) is 0 Å². The summed E-state index contributed by atoms with van der Waals surface area (Å²) in [4.78, 5) is 41.9. The van der Waals surface area contributed by atoms with Crippen LogP contribution in [0.3, 0.4) is 0 Å². The first kappa shape index (κ1) is 21.6. The van der Waals surface area contributed by atoms with E-state index < -0.39 is 35.4 Å². The summed E-state index contributed by atoms with van der Waals surface area (Å²) >= 11 is 0. The van der Waals surface area contributed by atoms with Gasteiger partial charge in [0, 0.05) is 17.3 Å². The minimum atomic E-state index is -1.40. The second kappa shape index (κ2) is 7.40. The van der Waals surface area contributed by atoms with Crippen LogP contribution in [0.15, 0.2) is 36.4 Å². The van der Waals surface area contributed by atoms with Crippen LogP contribution in [0.5, 0.6) is 5.75 Å². The number of aliphatic hydroxyl groups excluding tert-OH is 1. The highest BCUT2D eigenvalue weighted by Crippen LogP contribution is 2.54. The molecule has 8 nitrogen and oxygen atoms in total. The fraction of sp³-hybridized carbons (Fsp3) is 0.400. The molecule has 3 aliphatic heterocycles. The molecule has 0 radical (unpaired) electrons. The Morgan fingerprint density at radius 1 is 1.09 bits per heavy atom. The van der Waals surface area contributed by atoms with Gasteiger partial charge in [0.25, 0.3) is 0 Å². The molecule has 2 aromatic carbocycles. The Balaban J connectivity index is 1.59. The van der Waals surface area contributed by atoms with Crippen LogP contribution in [-0.2, 0) is 26.5 Å². The fourth-order valence-corrected chi connectivity index (χ4v) is 5.59. The van der Waals surface area contributed by atoms with E-state index in [4.69, 9.17) is 4.74 Å². The van der Waals surface area contributed by atoms with E-state index in [2.05, 4.69) is 10.6 Å². The van der Waals surface area contributed by atoms with Crippen LogP contribution in [0, 0.1) is 25.7 Å². The predicted octanol–water partition coefficient (Wildman–Crippen LogP) is 1.61. The first-order valence-corrected chi connectivity index (χ1v) is 11.1. The van der Waals surface area contributed by atoms with E-state index in [-0.39, 0.29) is 18.4 Å². The summed E-state index contributed by atoms with van der Waals surface area (Å²) in [5.41, 5.74) is 2.64. The lowest BCUT2D eigenvalue weighted by molar-refractivity contribution is -0.143. The number of imide groups is 1. The summed E-state index contributed by atoms with van der Waals surface area (Å²) < 4.78 is 5.18. The monoisotopic (exact) mass is 449 g/mol. The summed E-state index contributed by atoms with van der Waals surface area (Å²) in [7, 11) is 1.57. The number of nitrogens with one attached hydrogen (secondary N) is 2. The van der Waals surface area contributed by atoms with Crippen molar-refractivity contribution in [1.82, 2.24) is 10.2 Å². The topological polar surface area (TPSA) is 108 Å². The summed E-state index contributed by atoms with van der Waals surface area (Å²) in [5.74, 6) is -2.24. The van der Waals surface area contributed by atoms with Gasteiger partial charge in [0.2, 0.25) is 17.7 Å². The number of carbonyl (C=O) groups excluding carboxylic acids is 3. The van der Waals surface area contributed by atoms with Crippen LogP contribution in [0.4, 0.5) is 5.69 Å². The van der Waals surface area contributed by atoms with Gasteiger partial charge in [-0.3, -0.25) is 24.6 Å². The first-order chi connectivity index (χ1) is 15.7. The molecule has 0 saturated carbocycles. The fourth-order valence-electron chi connectivity index (χ4n) is 5.59. The summed E-state index contributed by atoms with van der Waals surface area (Å²) in [6, 6.07) is 10.2. The van der Waals surface area contributed by atoms with Crippen molar-refractivity contribution in [2.45, 2.75) is 45.0 Å². The summed E-state index contributed by atoms with van der Waals surface area (Å²) in [6.07, 6.45) is -0.932. The molecule has 3 aliphatic rings. The van der Waals surface area contributed by atoms with Gasteiger partial charge in [-0.1, -0.05) is 24.3 Å². The zero-order valence-electron chi connectivity index (χ0n) is 19.0. The van der Waals surface area contributed by atoms with Gasteiger partial charge in [0.15, 0.2) is 0 Å². The Labute approximate surface area is 191 Å². The van der Waals surface area contributed by atoms with Crippen LogP contribution < -0.4 is 15.4 Å². The number of benzene rings is 2. The number of hydrogen-bond donors (Lipinski definition) is 3. The number of ether oxygens (including phenoxy) is 1. The number of likely N-dealkylation sites (tertiary alicyclic amines) is 1. The molecule has 0 aliphatic carbocycles. The molecular weight excluding hydrogens is 422 g/mol. The van der Waals surface area contributed by atoms with Crippen molar-refractivity contribution >= 4 is 23.4 Å². The quantitative estimate of drug-likeness (QED) is 0.612. The smallest absolute Gasteiger partial charge is 0.250 e. The predicted molar refractivity (Wildman–Crippen MR) is 120 cm³/mol. The molecule has 3 heterocycles. The second-order valence-corrected chi connectivity index (χ2v) is 9.22. The molecule has 2 aromatic rings. The number of anilines is 1. The van der Waals surface area contributed by atoms with Gasteiger partial charge in [0.1, 0.15) is 11.3 Å². The van der Waals surface area contributed by atoms with Crippen LogP contribution in [0.25, 0.3) is 0 Å². The van der Waals surface area contributed by atoms with Crippen molar-refractivity contribution < 1.29 is 24.2 Å². The minimum Gasteiger partial charge on any atom is -0.497 e. The van der Waals surface area contributed by atoms with E-state index in [1.165, 1.54) is 4.90 Å². The molecular formula is C25H27N3O5. The number of aryl methyl sites for hydroxylation is 1. The molecule has 1 spiro atoms. The van der Waals surface area contributed by atoms with E-state index in [1.54, 1.807) is 38.3 Å². The number of amides is 3. The lowest BCUT2D eigenvalue weighted by atomic mass is 9.76. The Hall–Kier alpha value is -3.23. The van der Waals surface area contributed by atoms with Crippen molar-refractivity contribution in [1.29, 1.82) is 0 Å². The summed E-state index contributed by atoms with van der Waals surface area (Å²) in [5, 5.41) is 16.7. The maximum absolute atomic E-state index is 13.7. The third-order valence-electron chi connectivity index (χ3n) is 7.47. The van der Waals surface area contributed by atoms with Gasteiger partial charge in [-0.05, 0) is 49.6 Å². The number of rotatable bonds is 4. The Kier molecular flexibility index (Phi) is 4.84. The normalized spacial score (nSPS) is 28.8. The largest absolute Gasteiger partial charge is 0.497 e. The average molecular weight is 450 g/mol. The van der Waals surface area contributed by atoms with Gasteiger partial charge >= 0.3 is 0 Å². The molecule has 8 heteroatoms. The standard InChI is InChI=1S/C25H27N3O5/c1-12-5-10-17-20(13(12)2)26-24(32)25(17)19-18(21(27-25)14(3)29)22(30)28(23(19)31)11-15-6-8-16(33-4)9-7-15/h5-10,14,18-19,21,27,29H,11H2,1-4H3,(H,26,32). The molecule has 3 N–H and O–H groups in total. The van der Waals surface area contributed by atoms with E-state index in [1.807, 2.05) is 26.0 Å². The van der Waals surface area contributed by atoms with Crippen molar-refractivity contribution in [2.75, 3.05) is 12.4 Å². The average Bonchev–Trinajstić information content (AvgIpc) is 3.38.